The Bertz CT molecular complexity index is 606. The minimum Gasteiger partial charge on any atom is -0.495 e. The molecule has 2 rings (SSSR count). The zero-order valence-corrected chi connectivity index (χ0v) is 12.9. The molecule has 8 heteroatoms. The first-order chi connectivity index (χ1) is 9.45. The van der Waals surface area contributed by atoms with E-state index in [0.717, 1.165) is 0 Å². The quantitative estimate of drug-likeness (QED) is 0.902. The van der Waals surface area contributed by atoms with E-state index in [1.165, 1.54) is 18.5 Å². The van der Waals surface area contributed by atoms with E-state index < -0.39 is 15.3 Å². The second-order valence-electron chi connectivity index (χ2n) is 4.42. The summed E-state index contributed by atoms with van der Waals surface area (Å²) in [6.45, 7) is 0.469. The SMILES string of the molecule is COc1cc(N2CCC(CN)S2(=O)=O)c(OC)cc1Cl. The molecule has 1 unspecified atom stereocenters. The molecule has 1 fully saturated rings. The molecule has 112 valence electrons. The van der Waals surface area contributed by atoms with Crippen molar-refractivity contribution in [3.05, 3.63) is 17.2 Å². The van der Waals surface area contributed by atoms with Crippen molar-refractivity contribution in [1.82, 2.24) is 0 Å². The van der Waals surface area contributed by atoms with Crippen LogP contribution in [0, 0.1) is 0 Å². The van der Waals surface area contributed by atoms with Crippen LogP contribution in [0.5, 0.6) is 11.5 Å². The van der Waals surface area contributed by atoms with Gasteiger partial charge in [0.05, 0.1) is 30.2 Å². The summed E-state index contributed by atoms with van der Waals surface area (Å²) >= 11 is 6.02. The first-order valence-electron chi connectivity index (χ1n) is 6.08. The van der Waals surface area contributed by atoms with E-state index in [-0.39, 0.29) is 6.54 Å². The maximum Gasteiger partial charge on any atom is 0.239 e. The lowest BCUT2D eigenvalue weighted by atomic mass is 10.2. The van der Waals surface area contributed by atoms with Crippen molar-refractivity contribution >= 4 is 27.3 Å². The van der Waals surface area contributed by atoms with E-state index in [2.05, 4.69) is 0 Å². The van der Waals surface area contributed by atoms with Gasteiger partial charge in [0, 0.05) is 25.2 Å². The first-order valence-corrected chi connectivity index (χ1v) is 7.97. The Labute approximate surface area is 123 Å². The Morgan fingerprint density at radius 3 is 2.50 bits per heavy atom. The van der Waals surface area contributed by atoms with Crippen LogP contribution in [-0.2, 0) is 10.0 Å². The maximum absolute atomic E-state index is 12.4. The molecule has 1 atom stereocenters. The molecule has 1 aliphatic heterocycles. The van der Waals surface area contributed by atoms with Crippen LogP contribution in [0.4, 0.5) is 5.69 Å². The minimum atomic E-state index is -3.47. The highest BCUT2D eigenvalue weighted by Gasteiger charge is 2.39. The summed E-state index contributed by atoms with van der Waals surface area (Å²) in [6, 6.07) is 3.11. The normalized spacial score (nSPS) is 21.0. The van der Waals surface area contributed by atoms with Crippen LogP contribution < -0.4 is 19.5 Å². The molecule has 20 heavy (non-hydrogen) atoms. The summed E-state index contributed by atoms with van der Waals surface area (Å²) in [5.41, 5.74) is 5.94. The van der Waals surface area contributed by atoms with Crippen LogP contribution in [0.1, 0.15) is 6.42 Å². The fourth-order valence-electron chi connectivity index (χ4n) is 2.25. The standard InChI is InChI=1S/C12H17ClN2O4S/c1-18-11-6-10(12(19-2)5-9(11)13)15-4-3-8(7-14)20(15,16)17/h5-6,8H,3-4,7,14H2,1-2H3. The topological polar surface area (TPSA) is 81.9 Å². The molecule has 0 saturated carbocycles. The van der Waals surface area contributed by atoms with Gasteiger partial charge in [0.1, 0.15) is 11.5 Å². The molecule has 1 heterocycles. The fourth-order valence-corrected chi connectivity index (χ4v) is 4.27. The van der Waals surface area contributed by atoms with Gasteiger partial charge in [-0.15, -0.1) is 0 Å². The van der Waals surface area contributed by atoms with Crippen molar-refractivity contribution < 1.29 is 17.9 Å². The van der Waals surface area contributed by atoms with Crippen molar-refractivity contribution in [2.24, 2.45) is 5.73 Å². The Kier molecular flexibility index (Phi) is 4.31. The van der Waals surface area contributed by atoms with Crippen LogP contribution in [0.25, 0.3) is 0 Å². The third kappa shape index (κ3) is 2.41. The number of nitrogens with zero attached hydrogens (tertiary/aromatic N) is 1. The summed E-state index contributed by atoms with van der Waals surface area (Å²) in [7, 11) is -0.538. The smallest absolute Gasteiger partial charge is 0.239 e. The van der Waals surface area contributed by atoms with Gasteiger partial charge in [0.15, 0.2) is 0 Å². The predicted octanol–water partition coefficient (Wildman–Crippen LogP) is 1.22. The van der Waals surface area contributed by atoms with Crippen LogP contribution in [0.3, 0.4) is 0 Å². The number of methoxy groups -OCH3 is 2. The molecule has 1 aromatic rings. The van der Waals surface area contributed by atoms with E-state index in [1.807, 2.05) is 0 Å². The van der Waals surface area contributed by atoms with Gasteiger partial charge in [-0.25, -0.2) is 8.42 Å². The van der Waals surface area contributed by atoms with Gasteiger partial charge >= 0.3 is 0 Å². The molecule has 1 aromatic carbocycles. The summed E-state index contributed by atoms with van der Waals surface area (Å²) in [6.07, 6.45) is 0.493. The van der Waals surface area contributed by atoms with Gasteiger partial charge in [-0.3, -0.25) is 4.31 Å². The molecule has 0 radical (unpaired) electrons. The number of ether oxygens (including phenoxy) is 2. The number of halogens is 1. The highest BCUT2D eigenvalue weighted by molar-refractivity contribution is 7.93. The highest BCUT2D eigenvalue weighted by atomic mass is 35.5. The van der Waals surface area contributed by atoms with Gasteiger partial charge in [-0.05, 0) is 6.42 Å². The van der Waals surface area contributed by atoms with Crippen LogP contribution in [0.15, 0.2) is 12.1 Å². The number of rotatable bonds is 4. The Hall–Kier alpha value is -1.18. The van der Waals surface area contributed by atoms with Crippen molar-refractivity contribution in [3.63, 3.8) is 0 Å². The van der Waals surface area contributed by atoms with Crippen LogP contribution in [0.2, 0.25) is 5.02 Å². The van der Waals surface area contributed by atoms with Crippen LogP contribution in [-0.4, -0.2) is 41.0 Å². The summed E-state index contributed by atoms with van der Waals surface area (Å²) in [5, 5.41) is -0.200. The predicted molar refractivity (Wildman–Crippen MR) is 78.3 cm³/mol. The summed E-state index contributed by atoms with van der Waals surface area (Å²) in [5.74, 6) is 0.783. The molecule has 0 aromatic heterocycles. The number of sulfonamides is 1. The molecule has 2 N–H and O–H groups in total. The zero-order valence-electron chi connectivity index (χ0n) is 11.3. The fraction of sp³-hybridized carbons (Fsp3) is 0.500. The number of nitrogens with two attached hydrogens (primary N) is 1. The van der Waals surface area contributed by atoms with E-state index in [0.29, 0.717) is 35.2 Å². The Morgan fingerprint density at radius 2 is 2.00 bits per heavy atom. The van der Waals surface area contributed by atoms with E-state index in [1.54, 1.807) is 12.1 Å². The molecule has 1 aliphatic rings. The molecule has 6 nitrogen and oxygen atoms in total. The van der Waals surface area contributed by atoms with E-state index >= 15 is 0 Å². The van der Waals surface area contributed by atoms with Gasteiger partial charge in [-0.2, -0.15) is 0 Å². The average Bonchev–Trinajstić information content (AvgIpc) is 2.72. The lowest BCUT2D eigenvalue weighted by Gasteiger charge is -2.22. The highest BCUT2D eigenvalue weighted by Crippen LogP contribution is 2.41. The molecular weight excluding hydrogens is 304 g/mol. The third-order valence-electron chi connectivity index (χ3n) is 3.37. The maximum atomic E-state index is 12.4. The van der Waals surface area contributed by atoms with Crippen molar-refractivity contribution in [2.45, 2.75) is 11.7 Å². The number of hydrogen-bond acceptors (Lipinski definition) is 5. The molecule has 0 aliphatic carbocycles. The number of benzene rings is 1. The largest absolute Gasteiger partial charge is 0.495 e. The molecule has 0 spiro atoms. The lowest BCUT2D eigenvalue weighted by Crippen LogP contribution is -2.33. The molecule has 1 saturated heterocycles. The Morgan fingerprint density at radius 1 is 1.35 bits per heavy atom. The van der Waals surface area contributed by atoms with Crippen LogP contribution >= 0.6 is 11.6 Å². The van der Waals surface area contributed by atoms with Gasteiger partial charge in [0.25, 0.3) is 0 Å². The summed E-state index contributed by atoms with van der Waals surface area (Å²) < 4.78 is 36.5. The van der Waals surface area contributed by atoms with Crippen molar-refractivity contribution in [3.8, 4) is 11.5 Å². The number of hydrogen-bond donors (Lipinski definition) is 1. The monoisotopic (exact) mass is 320 g/mol. The minimum absolute atomic E-state index is 0.103. The second-order valence-corrected chi connectivity index (χ2v) is 6.97. The summed E-state index contributed by atoms with van der Waals surface area (Å²) in [4.78, 5) is 0. The molecular formula is C12H17ClN2O4S. The van der Waals surface area contributed by atoms with Crippen molar-refractivity contribution in [1.29, 1.82) is 0 Å². The molecule has 0 amide bonds. The Balaban J connectivity index is 2.53. The van der Waals surface area contributed by atoms with E-state index in [9.17, 15) is 8.42 Å². The average molecular weight is 321 g/mol. The number of anilines is 1. The van der Waals surface area contributed by atoms with Gasteiger partial charge < -0.3 is 15.2 Å². The third-order valence-corrected chi connectivity index (χ3v) is 5.93. The second kappa shape index (κ2) is 5.67. The first kappa shape index (κ1) is 15.2. The molecule has 0 bridgehead atoms. The van der Waals surface area contributed by atoms with Gasteiger partial charge in [0.2, 0.25) is 10.0 Å². The zero-order chi connectivity index (χ0) is 14.9. The lowest BCUT2D eigenvalue weighted by molar-refractivity contribution is 0.404. The van der Waals surface area contributed by atoms with E-state index in [4.69, 9.17) is 26.8 Å². The van der Waals surface area contributed by atoms with Crippen molar-refractivity contribution in [2.75, 3.05) is 31.6 Å². The van der Waals surface area contributed by atoms with Gasteiger partial charge in [-0.1, -0.05) is 11.6 Å².